The number of carbonyl (C=O) groups is 1. The van der Waals surface area contributed by atoms with E-state index in [0.717, 1.165) is 11.8 Å². The molecule has 0 N–H and O–H groups in total. The van der Waals surface area contributed by atoms with Crippen LogP contribution in [0.4, 0.5) is 4.39 Å². The van der Waals surface area contributed by atoms with Crippen LogP contribution in [0.25, 0.3) is 6.08 Å². The van der Waals surface area contributed by atoms with Gasteiger partial charge in [-0.1, -0.05) is 19.1 Å². The molecule has 20 heavy (non-hydrogen) atoms. The number of nitrogens with zero attached hydrogens (tertiary/aromatic N) is 2. The van der Waals surface area contributed by atoms with E-state index in [9.17, 15) is 14.3 Å². The quantitative estimate of drug-likeness (QED) is 0.616. The van der Waals surface area contributed by atoms with Gasteiger partial charge < -0.3 is 14.3 Å². The van der Waals surface area contributed by atoms with Crippen molar-refractivity contribution < 1.29 is 18.7 Å². The molecular weight excluding hydrogens is 283 g/mol. The Labute approximate surface area is 118 Å². The van der Waals surface area contributed by atoms with E-state index < -0.39 is 11.8 Å². The highest BCUT2D eigenvalue weighted by Gasteiger charge is 2.09. The zero-order chi connectivity index (χ0) is 14.5. The molecule has 1 heterocycles. The molecule has 2 rings (SSSR count). The highest BCUT2D eigenvalue weighted by Crippen LogP contribution is 2.27. The van der Waals surface area contributed by atoms with Gasteiger partial charge in [0, 0.05) is 11.3 Å². The first-order chi connectivity index (χ1) is 9.58. The number of aromatic nitrogens is 2. The molecule has 1 aromatic carbocycles. The molecule has 7 heteroatoms. The monoisotopic (exact) mass is 293 g/mol. The number of aliphatic carboxylic acids is 1. The Morgan fingerprint density at radius 1 is 1.40 bits per heavy atom. The van der Waals surface area contributed by atoms with Gasteiger partial charge in [0.1, 0.15) is 5.82 Å². The van der Waals surface area contributed by atoms with Gasteiger partial charge >= 0.3 is 0 Å². The van der Waals surface area contributed by atoms with Gasteiger partial charge in [0.05, 0.1) is 5.97 Å². The van der Waals surface area contributed by atoms with Gasteiger partial charge in [0.15, 0.2) is 0 Å². The smallest absolute Gasteiger partial charge is 0.281 e. The lowest BCUT2D eigenvalue weighted by Crippen LogP contribution is -2.23. The van der Waals surface area contributed by atoms with E-state index in [1.807, 2.05) is 6.92 Å². The molecule has 5 nitrogen and oxygen atoms in total. The third-order valence-corrected chi connectivity index (χ3v) is 3.16. The Kier molecular flexibility index (Phi) is 4.52. The largest absolute Gasteiger partial charge is 0.544 e. The molecule has 0 fully saturated rings. The normalized spacial score (nSPS) is 11.6. The topological polar surface area (TPSA) is 79.0 Å². The number of hydrogen-bond acceptors (Lipinski definition) is 6. The molecule has 0 saturated carbocycles. The number of carbonyl (C=O) groups excluding carboxylic acids is 1. The highest BCUT2D eigenvalue weighted by atomic mass is 32.2. The Bertz CT molecular complexity index is 637. The molecule has 0 spiro atoms. The molecule has 0 atom stereocenters. The molecule has 0 unspecified atom stereocenters. The number of hydrogen-bond donors (Lipinski definition) is 0. The second-order valence-corrected chi connectivity index (χ2v) is 4.76. The van der Waals surface area contributed by atoms with Gasteiger partial charge in [-0.2, -0.15) is 0 Å². The summed E-state index contributed by atoms with van der Waals surface area (Å²) >= 11 is 0.797. The van der Waals surface area contributed by atoms with Gasteiger partial charge in [0.25, 0.3) is 5.22 Å². The molecule has 0 aliphatic heterocycles. The molecule has 0 bridgehead atoms. The van der Waals surface area contributed by atoms with Gasteiger partial charge in [-0.05, 0) is 35.5 Å². The average molecular weight is 293 g/mol. The van der Waals surface area contributed by atoms with Gasteiger partial charge in [-0.15, -0.1) is 10.2 Å². The predicted molar refractivity (Wildman–Crippen MR) is 68.9 cm³/mol. The Morgan fingerprint density at radius 2 is 2.10 bits per heavy atom. The second-order valence-electron chi connectivity index (χ2n) is 3.76. The maximum Gasteiger partial charge on any atom is 0.281 e. The van der Waals surface area contributed by atoms with Crippen molar-refractivity contribution in [1.82, 2.24) is 10.2 Å². The lowest BCUT2D eigenvalue weighted by molar-refractivity contribution is -0.298. The van der Waals surface area contributed by atoms with E-state index in [1.165, 1.54) is 30.3 Å². The van der Waals surface area contributed by atoms with Crippen molar-refractivity contribution in [3.05, 3.63) is 46.4 Å². The minimum absolute atomic E-state index is 0.0945. The number of halogens is 1. The van der Waals surface area contributed by atoms with Crippen molar-refractivity contribution in [2.24, 2.45) is 0 Å². The Balaban J connectivity index is 2.22. The molecule has 0 saturated heterocycles. The van der Waals surface area contributed by atoms with E-state index >= 15 is 0 Å². The van der Waals surface area contributed by atoms with Crippen LogP contribution in [0.5, 0.6) is 0 Å². The van der Waals surface area contributed by atoms with E-state index in [1.54, 1.807) is 0 Å². The third kappa shape index (κ3) is 3.67. The lowest BCUT2D eigenvalue weighted by Gasteiger charge is -2.05. The predicted octanol–water partition coefficient (Wildman–Crippen LogP) is 1.65. The fourth-order valence-corrected chi connectivity index (χ4v) is 2.04. The summed E-state index contributed by atoms with van der Waals surface area (Å²) < 4.78 is 18.0. The minimum atomic E-state index is -1.37. The van der Waals surface area contributed by atoms with Gasteiger partial charge in [0.2, 0.25) is 5.89 Å². The summed E-state index contributed by atoms with van der Waals surface area (Å²) in [6.45, 7) is 1.84. The standard InChI is InChI=1S/C13H11FN2O3S/c1-2-11-15-16-13(19-11)20-10(12(17)18)7-8-3-5-9(14)6-4-8/h3-7H,2H2,1H3,(H,17,18)/p-1/b10-7-. The van der Waals surface area contributed by atoms with Crippen LogP contribution in [-0.2, 0) is 11.2 Å². The summed E-state index contributed by atoms with van der Waals surface area (Å²) in [6.07, 6.45) is 1.92. The zero-order valence-corrected chi connectivity index (χ0v) is 11.3. The summed E-state index contributed by atoms with van der Waals surface area (Å²) in [5.74, 6) is -1.34. The van der Waals surface area contributed by atoms with Crippen molar-refractivity contribution in [1.29, 1.82) is 0 Å². The fraction of sp³-hybridized carbons (Fsp3) is 0.154. The van der Waals surface area contributed by atoms with Crippen molar-refractivity contribution >= 4 is 23.8 Å². The maximum atomic E-state index is 12.8. The van der Waals surface area contributed by atoms with Crippen molar-refractivity contribution in [3.63, 3.8) is 0 Å². The van der Waals surface area contributed by atoms with Crippen molar-refractivity contribution in [2.75, 3.05) is 0 Å². The van der Waals surface area contributed by atoms with Gasteiger partial charge in [-0.25, -0.2) is 4.39 Å². The first-order valence-corrected chi connectivity index (χ1v) is 6.59. The van der Waals surface area contributed by atoms with Crippen molar-refractivity contribution in [2.45, 2.75) is 18.6 Å². The summed E-state index contributed by atoms with van der Waals surface area (Å²) in [6, 6.07) is 5.41. The van der Waals surface area contributed by atoms with E-state index in [4.69, 9.17) is 4.42 Å². The van der Waals surface area contributed by atoms with Crippen molar-refractivity contribution in [3.8, 4) is 0 Å². The van der Waals surface area contributed by atoms with Gasteiger partial charge in [-0.3, -0.25) is 0 Å². The molecular formula is C13H10FN2O3S-. The summed E-state index contributed by atoms with van der Waals surface area (Å²) in [5.41, 5.74) is 0.535. The van der Waals surface area contributed by atoms with Crippen LogP contribution in [0, 0.1) is 5.82 Å². The maximum absolute atomic E-state index is 12.8. The highest BCUT2D eigenvalue weighted by molar-refractivity contribution is 8.03. The lowest BCUT2D eigenvalue weighted by atomic mass is 10.2. The van der Waals surface area contributed by atoms with Crippen LogP contribution in [0.15, 0.2) is 38.8 Å². The van der Waals surface area contributed by atoms with E-state index in [-0.39, 0.29) is 10.1 Å². The molecule has 0 aliphatic rings. The molecule has 0 radical (unpaired) electrons. The average Bonchev–Trinajstić information content (AvgIpc) is 2.88. The number of carboxylic acids is 1. The number of benzene rings is 1. The SMILES string of the molecule is CCc1nnc(S/C(=C\c2ccc(F)cc2)C(=O)[O-])o1. The fourth-order valence-electron chi connectivity index (χ4n) is 1.36. The summed E-state index contributed by atoms with van der Waals surface area (Å²) in [4.78, 5) is 11.0. The molecule has 2 aromatic rings. The molecule has 104 valence electrons. The van der Waals surface area contributed by atoms with Crippen LogP contribution >= 0.6 is 11.8 Å². The summed E-state index contributed by atoms with van der Waals surface area (Å²) in [7, 11) is 0. The van der Waals surface area contributed by atoms with Crippen LogP contribution in [0.2, 0.25) is 0 Å². The van der Waals surface area contributed by atoms with Crippen LogP contribution in [-0.4, -0.2) is 16.2 Å². The third-order valence-electron chi connectivity index (χ3n) is 2.32. The Morgan fingerprint density at radius 3 is 2.65 bits per heavy atom. The number of thioether (sulfide) groups is 1. The Hall–Kier alpha value is -2.15. The zero-order valence-electron chi connectivity index (χ0n) is 10.5. The summed E-state index contributed by atoms with van der Waals surface area (Å²) in [5, 5.41) is 18.7. The van der Waals surface area contributed by atoms with Crippen LogP contribution < -0.4 is 5.11 Å². The van der Waals surface area contributed by atoms with E-state index in [0.29, 0.717) is 17.9 Å². The van der Waals surface area contributed by atoms with Crippen LogP contribution in [0.3, 0.4) is 0 Å². The minimum Gasteiger partial charge on any atom is -0.544 e. The number of aryl methyl sites for hydroxylation is 1. The van der Waals surface area contributed by atoms with Crippen LogP contribution in [0.1, 0.15) is 18.4 Å². The molecule has 1 aromatic heterocycles. The second kappa shape index (κ2) is 6.33. The van der Waals surface area contributed by atoms with E-state index in [2.05, 4.69) is 10.2 Å². The molecule has 0 amide bonds. The molecule has 0 aliphatic carbocycles. The first-order valence-electron chi connectivity index (χ1n) is 5.77. The number of carboxylic acid groups (broad SMARTS) is 1. The first kappa shape index (κ1) is 14.3. The number of rotatable bonds is 5.